The molecule has 0 spiro atoms. The maximum absolute atomic E-state index is 11.1. The highest BCUT2D eigenvalue weighted by Gasteiger charge is 2.29. The zero-order chi connectivity index (χ0) is 11.9. The summed E-state index contributed by atoms with van der Waals surface area (Å²) in [5, 5.41) is 4.26. The summed E-state index contributed by atoms with van der Waals surface area (Å²) in [4.78, 5) is 13.2. The molecule has 6 heteroatoms. The quantitative estimate of drug-likeness (QED) is 0.715. The molecule has 2 rings (SSSR count). The molecule has 2 heterocycles. The molecule has 1 fully saturated rings. The molecule has 16 heavy (non-hydrogen) atoms. The summed E-state index contributed by atoms with van der Waals surface area (Å²) in [6.07, 6.45) is 0.791. The van der Waals surface area contributed by atoms with Crippen LogP contribution in [-0.2, 0) is 11.8 Å². The lowest BCUT2D eigenvalue weighted by Gasteiger charge is -2.18. The van der Waals surface area contributed by atoms with Crippen molar-refractivity contribution in [3.63, 3.8) is 0 Å². The van der Waals surface area contributed by atoms with Crippen LogP contribution in [0, 0.1) is 12.8 Å². The fourth-order valence-electron chi connectivity index (χ4n) is 2.22. The van der Waals surface area contributed by atoms with Gasteiger partial charge in [-0.3, -0.25) is 9.48 Å². The zero-order valence-corrected chi connectivity index (χ0v) is 9.60. The Bertz CT molecular complexity index is 425. The number of aryl methyl sites for hydroxylation is 2. The molecule has 1 atom stereocenters. The average Bonchev–Trinajstić information content (AvgIpc) is 2.74. The topological polar surface area (TPSA) is 90.2 Å². The van der Waals surface area contributed by atoms with Gasteiger partial charge >= 0.3 is 0 Å². The Hall–Kier alpha value is -1.72. The second-order valence-corrected chi connectivity index (χ2v) is 4.28. The van der Waals surface area contributed by atoms with Crippen molar-refractivity contribution in [2.24, 2.45) is 18.7 Å². The van der Waals surface area contributed by atoms with E-state index in [1.54, 1.807) is 4.68 Å². The minimum atomic E-state index is -0.236. The molecule has 0 radical (unpaired) electrons. The molecule has 0 saturated carbocycles. The number of nitrogens with zero attached hydrogens (tertiary/aromatic N) is 3. The van der Waals surface area contributed by atoms with Crippen LogP contribution >= 0.6 is 0 Å². The van der Waals surface area contributed by atoms with Gasteiger partial charge in [0, 0.05) is 20.1 Å². The summed E-state index contributed by atoms with van der Waals surface area (Å²) in [5.74, 6) is 0.579. The second-order valence-electron chi connectivity index (χ2n) is 4.28. The molecule has 1 amide bonds. The molecular weight excluding hydrogens is 206 g/mol. The number of aromatic nitrogens is 2. The molecule has 0 aliphatic carbocycles. The zero-order valence-electron chi connectivity index (χ0n) is 9.60. The van der Waals surface area contributed by atoms with Crippen LogP contribution < -0.4 is 16.4 Å². The van der Waals surface area contributed by atoms with Crippen LogP contribution in [0.5, 0.6) is 0 Å². The molecule has 1 unspecified atom stereocenters. The van der Waals surface area contributed by atoms with Crippen molar-refractivity contribution in [3.8, 4) is 0 Å². The van der Waals surface area contributed by atoms with Gasteiger partial charge in [0.2, 0.25) is 5.91 Å². The predicted octanol–water partition coefficient (Wildman–Crippen LogP) is -0.378. The van der Waals surface area contributed by atoms with Crippen LogP contribution in [0.15, 0.2) is 0 Å². The second kappa shape index (κ2) is 3.70. The van der Waals surface area contributed by atoms with Crippen molar-refractivity contribution in [2.45, 2.75) is 13.3 Å². The third kappa shape index (κ3) is 1.60. The highest BCUT2D eigenvalue weighted by molar-refractivity contribution is 5.78. The fraction of sp³-hybridized carbons (Fsp3) is 0.600. The van der Waals surface area contributed by atoms with Crippen molar-refractivity contribution >= 4 is 17.4 Å². The molecule has 1 aromatic heterocycles. The van der Waals surface area contributed by atoms with Crippen LogP contribution in [0.4, 0.5) is 11.5 Å². The van der Waals surface area contributed by atoms with E-state index in [1.165, 1.54) is 0 Å². The Morgan fingerprint density at radius 3 is 2.69 bits per heavy atom. The first-order valence-electron chi connectivity index (χ1n) is 5.34. The van der Waals surface area contributed by atoms with Crippen LogP contribution in [-0.4, -0.2) is 28.8 Å². The Kier molecular flexibility index (Phi) is 2.49. The third-order valence-corrected chi connectivity index (χ3v) is 3.13. The number of nitrogens with two attached hydrogens (primary N) is 2. The van der Waals surface area contributed by atoms with E-state index < -0.39 is 0 Å². The van der Waals surface area contributed by atoms with Gasteiger partial charge < -0.3 is 16.4 Å². The molecule has 4 N–H and O–H groups in total. The maximum Gasteiger partial charge on any atom is 0.222 e. The van der Waals surface area contributed by atoms with Gasteiger partial charge in [-0.1, -0.05) is 0 Å². The summed E-state index contributed by atoms with van der Waals surface area (Å²) in [7, 11) is 1.86. The number of nitrogen functional groups attached to an aromatic ring is 1. The highest BCUT2D eigenvalue weighted by Crippen LogP contribution is 2.30. The Morgan fingerprint density at radius 2 is 2.25 bits per heavy atom. The van der Waals surface area contributed by atoms with Crippen LogP contribution in [0.1, 0.15) is 12.1 Å². The number of carbonyl (C=O) groups is 1. The molecule has 1 aliphatic heterocycles. The van der Waals surface area contributed by atoms with Crippen molar-refractivity contribution in [1.29, 1.82) is 0 Å². The van der Waals surface area contributed by atoms with Crippen molar-refractivity contribution in [2.75, 3.05) is 23.7 Å². The number of primary amides is 1. The van der Waals surface area contributed by atoms with Crippen molar-refractivity contribution in [3.05, 3.63) is 5.69 Å². The van der Waals surface area contributed by atoms with Crippen molar-refractivity contribution in [1.82, 2.24) is 9.78 Å². The van der Waals surface area contributed by atoms with Gasteiger partial charge in [-0.25, -0.2) is 0 Å². The lowest BCUT2D eigenvalue weighted by atomic mass is 10.1. The number of anilines is 2. The first kappa shape index (κ1) is 10.8. The van der Waals surface area contributed by atoms with E-state index in [0.717, 1.165) is 24.5 Å². The van der Waals surface area contributed by atoms with E-state index in [9.17, 15) is 4.79 Å². The summed E-state index contributed by atoms with van der Waals surface area (Å²) < 4.78 is 1.76. The van der Waals surface area contributed by atoms with Gasteiger partial charge in [0.1, 0.15) is 5.82 Å². The van der Waals surface area contributed by atoms with Gasteiger partial charge in [-0.2, -0.15) is 5.10 Å². The molecule has 88 valence electrons. The Balaban J connectivity index is 2.23. The summed E-state index contributed by atoms with van der Waals surface area (Å²) in [6.45, 7) is 3.32. The first-order chi connectivity index (χ1) is 7.50. The smallest absolute Gasteiger partial charge is 0.222 e. The lowest BCUT2D eigenvalue weighted by Crippen LogP contribution is -2.28. The highest BCUT2D eigenvalue weighted by atomic mass is 16.1. The van der Waals surface area contributed by atoms with Gasteiger partial charge in [0.25, 0.3) is 0 Å². The molecule has 0 aromatic carbocycles. The minimum absolute atomic E-state index is 0.0744. The summed E-state index contributed by atoms with van der Waals surface area (Å²) in [6, 6.07) is 0. The normalized spacial score (nSPS) is 20.4. The van der Waals surface area contributed by atoms with Crippen LogP contribution in [0.3, 0.4) is 0 Å². The number of hydrogen-bond donors (Lipinski definition) is 2. The first-order valence-corrected chi connectivity index (χ1v) is 5.34. The molecule has 6 nitrogen and oxygen atoms in total. The minimum Gasteiger partial charge on any atom is -0.394 e. The van der Waals surface area contributed by atoms with E-state index in [1.807, 2.05) is 14.0 Å². The Labute approximate surface area is 94.2 Å². The monoisotopic (exact) mass is 223 g/mol. The van der Waals surface area contributed by atoms with Gasteiger partial charge in [-0.05, 0) is 13.3 Å². The van der Waals surface area contributed by atoms with E-state index in [2.05, 4.69) is 10.00 Å². The van der Waals surface area contributed by atoms with Gasteiger partial charge in [0.15, 0.2) is 0 Å². The van der Waals surface area contributed by atoms with Crippen molar-refractivity contribution < 1.29 is 4.79 Å². The van der Waals surface area contributed by atoms with E-state index >= 15 is 0 Å². The number of amides is 1. The lowest BCUT2D eigenvalue weighted by molar-refractivity contribution is -0.121. The third-order valence-electron chi connectivity index (χ3n) is 3.13. The fourth-order valence-corrected chi connectivity index (χ4v) is 2.22. The summed E-state index contributed by atoms with van der Waals surface area (Å²) >= 11 is 0. The van der Waals surface area contributed by atoms with Gasteiger partial charge in [-0.15, -0.1) is 0 Å². The van der Waals surface area contributed by atoms with Crippen LogP contribution in [0.25, 0.3) is 0 Å². The molecule has 1 aromatic rings. The Morgan fingerprint density at radius 1 is 1.56 bits per heavy atom. The number of rotatable bonds is 2. The van der Waals surface area contributed by atoms with E-state index in [0.29, 0.717) is 12.2 Å². The molecule has 1 aliphatic rings. The van der Waals surface area contributed by atoms with E-state index in [4.69, 9.17) is 11.5 Å². The van der Waals surface area contributed by atoms with E-state index in [-0.39, 0.29) is 11.8 Å². The number of hydrogen-bond acceptors (Lipinski definition) is 4. The summed E-state index contributed by atoms with van der Waals surface area (Å²) in [5.41, 5.74) is 12.8. The molecule has 0 bridgehead atoms. The largest absolute Gasteiger partial charge is 0.394 e. The maximum atomic E-state index is 11.1. The SMILES string of the molecule is Cc1nn(C)c(N2CCC(C(N)=O)C2)c1N. The average molecular weight is 223 g/mol. The van der Waals surface area contributed by atoms with Crippen LogP contribution in [0.2, 0.25) is 0 Å². The molecular formula is C10H17N5O. The predicted molar refractivity (Wildman–Crippen MR) is 61.9 cm³/mol. The van der Waals surface area contributed by atoms with Gasteiger partial charge in [0.05, 0.1) is 17.3 Å². The number of carbonyl (C=O) groups excluding carboxylic acids is 1. The molecule has 1 saturated heterocycles. The standard InChI is InChI=1S/C10H17N5O/c1-6-8(11)10(14(2)13-6)15-4-3-7(5-15)9(12)16/h7H,3-5,11H2,1-2H3,(H2,12,16).